The number of carbonyl (C=O) groups excluding carboxylic acids is 2. The number of imide groups is 1. The Morgan fingerprint density at radius 2 is 1.81 bits per heavy atom. The molecule has 3 N–H and O–H groups in total. The summed E-state index contributed by atoms with van der Waals surface area (Å²) in [6.07, 6.45) is 0.789. The quantitative estimate of drug-likeness (QED) is 0.535. The van der Waals surface area contributed by atoms with Crippen LogP contribution in [0.15, 0.2) is 29.2 Å². The number of quaternary nitrogens is 1. The van der Waals surface area contributed by atoms with Crippen molar-refractivity contribution < 1.29 is 27.6 Å². The Kier molecular flexibility index (Phi) is 7.57. The maximum Gasteiger partial charge on any atom is 0.321 e. The molecule has 9 nitrogen and oxygen atoms in total. The van der Waals surface area contributed by atoms with Crippen LogP contribution in [0, 0.1) is 0 Å². The molecule has 0 saturated carbocycles. The molecule has 2 rings (SSSR count). The highest BCUT2D eigenvalue weighted by Gasteiger charge is 2.31. The van der Waals surface area contributed by atoms with Crippen molar-refractivity contribution >= 4 is 22.0 Å². The van der Waals surface area contributed by atoms with E-state index in [1.807, 2.05) is 6.92 Å². The second kappa shape index (κ2) is 9.67. The van der Waals surface area contributed by atoms with Crippen molar-refractivity contribution in [2.75, 3.05) is 46.4 Å². The van der Waals surface area contributed by atoms with Crippen LogP contribution in [-0.4, -0.2) is 71.0 Å². The minimum atomic E-state index is -3.57. The lowest BCUT2D eigenvalue weighted by molar-refractivity contribution is -0.895. The van der Waals surface area contributed by atoms with Crippen LogP contribution in [0.25, 0.3) is 0 Å². The minimum Gasteiger partial charge on any atom is -0.497 e. The number of sulfonamides is 1. The second-order valence-corrected chi connectivity index (χ2v) is 8.25. The van der Waals surface area contributed by atoms with E-state index in [1.165, 1.54) is 23.5 Å². The van der Waals surface area contributed by atoms with Crippen LogP contribution in [0.5, 0.6) is 5.75 Å². The zero-order valence-corrected chi connectivity index (χ0v) is 16.5. The first kappa shape index (κ1) is 21.1. The molecule has 1 fully saturated rings. The molecule has 0 aromatic heterocycles. The zero-order valence-electron chi connectivity index (χ0n) is 15.7. The van der Waals surface area contributed by atoms with Crippen molar-refractivity contribution in [1.29, 1.82) is 0 Å². The second-order valence-electron chi connectivity index (χ2n) is 6.31. The average molecular weight is 399 g/mol. The number of benzene rings is 1. The Labute approximate surface area is 159 Å². The van der Waals surface area contributed by atoms with Crippen molar-refractivity contribution in [2.45, 2.75) is 18.2 Å². The summed E-state index contributed by atoms with van der Waals surface area (Å²) in [5.74, 6) is 0.224. The standard InChI is InChI=1S/C17H26N4O5S/c1-3-8-18-17(23)19-16(22)13-20-9-11-21(12-10-20)27(24,25)15-6-4-14(26-2)5-7-15/h4-7H,3,8-13H2,1-2H3,(H2,18,19,22,23)/p+1. The maximum atomic E-state index is 12.7. The minimum absolute atomic E-state index is 0.135. The van der Waals surface area contributed by atoms with Gasteiger partial charge in [0.1, 0.15) is 5.75 Å². The van der Waals surface area contributed by atoms with Gasteiger partial charge < -0.3 is 15.0 Å². The van der Waals surface area contributed by atoms with Crippen molar-refractivity contribution in [3.8, 4) is 5.75 Å². The van der Waals surface area contributed by atoms with Crippen molar-refractivity contribution in [3.05, 3.63) is 24.3 Å². The van der Waals surface area contributed by atoms with E-state index in [9.17, 15) is 18.0 Å². The normalized spacial score (nSPS) is 15.9. The Morgan fingerprint density at radius 3 is 2.37 bits per heavy atom. The SMILES string of the molecule is CCCNC(=O)NC(=O)C[NH+]1CCN(S(=O)(=O)c2ccc(OC)cc2)CC1. The zero-order chi connectivity index (χ0) is 19.9. The van der Waals surface area contributed by atoms with Gasteiger partial charge in [0.05, 0.1) is 38.2 Å². The molecule has 1 aromatic carbocycles. The summed E-state index contributed by atoms with van der Waals surface area (Å²) in [4.78, 5) is 24.6. The molecular weight excluding hydrogens is 372 g/mol. The number of amides is 3. The third-order valence-corrected chi connectivity index (χ3v) is 6.24. The molecule has 1 aliphatic rings. The van der Waals surface area contributed by atoms with Gasteiger partial charge in [-0.15, -0.1) is 0 Å². The van der Waals surface area contributed by atoms with E-state index in [0.717, 1.165) is 11.3 Å². The number of hydrogen-bond acceptors (Lipinski definition) is 5. The van der Waals surface area contributed by atoms with Crippen LogP contribution < -0.4 is 20.3 Å². The number of hydrogen-bond donors (Lipinski definition) is 3. The predicted octanol–water partition coefficient (Wildman–Crippen LogP) is -1.18. The summed E-state index contributed by atoms with van der Waals surface area (Å²) in [6, 6.07) is 5.78. The summed E-state index contributed by atoms with van der Waals surface area (Å²) < 4.78 is 31.9. The van der Waals surface area contributed by atoms with E-state index >= 15 is 0 Å². The molecule has 0 bridgehead atoms. The van der Waals surface area contributed by atoms with Gasteiger partial charge in [0, 0.05) is 6.54 Å². The fourth-order valence-electron chi connectivity index (χ4n) is 2.80. The van der Waals surface area contributed by atoms with Crippen LogP contribution in [0.2, 0.25) is 0 Å². The summed E-state index contributed by atoms with van der Waals surface area (Å²) >= 11 is 0. The van der Waals surface area contributed by atoms with Gasteiger partial charge in [-0.2, -0.15) is 4.31 Å². The molecule has 1 aliphatic heterocycles. The summed E-state index contributed by atoms with van der Waals surface area (Å²) in [7, 11) is -2.05. The largest absolute Gasteiger partial charge is 0.497 e. The lowest BCUT2D eigenvalue weighted by atomic mass is 10.3. The molecule has 0 unspecified atom stereocenters. The molecule has 27 heavy (non-hydrogen) atoms. The smallest absolute Gasteiger partial charge is 0.321 e. The number of ether oxygens (including phenoxy) is 1. The number of urea groups is 1. The highest BCUT2D eigenvalue weighted by atomic mass is 32.2. The number of piperazine rings is 1. The van der Waals surface area contributed by atoms with Gasteiger partial charge >= 0.3 is 6.03 Å². The first-order chi connectivity index (χ1) is 12.9. The molecule has 1 saturated heterocycles. The van der Waals surface area contributed by atoms with Gasteiger partial charge in [-0.1, -0.05) is 6.92 Å². The van der Waals surface area contributed by atoms with E-state index in [0.29, 0.717) is 38.5 Å². The van der Waals surface area contributed by atoms with E-state index < -0.39 is 16.1 Å². The number of nitrogens with one attached hydrogen (secondary N) is 3. The van der Waals surface area contributed by atoms with Gasteiger partial charge in [0.2, 0.25) is 10.0 Å². The van der Waals surface area contributed by atoms with Gasteiger partial charge in [0.15, 0.2) is 6.54 Å². The summed E-state index contributed by atoms with van der Waals surface area (Å²) in [5.41, 5.74) is 0. The molecule has 150 valence electrons. The Hall–Kier alpha value is -2.17. The number of methoxy groups -OCH3 is 1. The van der Waals surface area contributed by atoms with Crippen molar-refractivity contribution in [2.24, 2.45) is 0 Å². The Balaban J connectivity index is 1.85. The van der Waals surface area contributed by atoms with E-state index in [1.54, 1.807) is 12.1 Å². The first-order valence-corrected chi connectivity index (χ1v) is 10.4. The maximum absolute atomic E-state index is 12.7. The molecule has 0 aliphatic carbocycles. The molecule has 0 atom stereocenters. The van der Waals surface area contributed by atoms with E-state index in [-0.39, 0.29) is 17.3 Å². The monoisotopic (exact) mass is 399 g/mol. The number of rotatable bonds is 7. The van der Waals surface area contributed by atoms with Crippen LogP contribution in [0.4, 0.5) is 4.79 Å². The molecule has 3 amide bonds. The first-order valence-electron chi connectivity index (χ1n) is 8.92. The van der Waals surface area contributed by atoms with Crippen molar-refractivity contribution in [3.63, 3.8) is 0 Å². The molecule has 1 heterocycles. The molecule has 10 heteroatoms. The van der Waals surface area contributed by atoms with Gasteiger partial charge in [-0.3, -0.25) is 10.1 Å². The summed E-state index contributed by atoms with van der Waals surface area (Å²) in [6.45, 7) is 4.20. The lowest BCUT2D eigenvalue weighted by Crippen LogP contribution is -3.15. The molecular formula is C17H27N4O5S+. The molecule has 0 spiro atoms. The number of nitrogens with zero attached hydrogens (tertiary/aromatic N) is 1. The summed E-state index contributed by atoms with van der Waals surface area (Å²) in [5, 5.41) is 4.86. The third-order valence-electron chi connectivity index (χ3n) is 4.33. The van der Waals surface area contributed by atoms with Crippen LogP contribution in [0.3, 0.4) is 0 Å². The topological polar surface area (TPSA) is 109 Å². The molecule has 1 aromatic rings. The Bertz CT molecular complexity index is 743. The predicted molar refractivity (Wildman–Crippen MR) is 99.1 cm³/mol. The fraction of sp³-hybridized carbons (Fsp3) is 0.529. The average Bonchev–Trinajstić information content (AvgIpc) is 2.66. The number of carbonyl (C=O) groups is 2. The van der Waals surface area contributed by atoms with Gasteiger partial charge in [-0.05, 0) is 30.7 Å². The van der Waals surface area contributed by atoms with Crippen LogP contribution >= 0.6 is 0 Å². The van der Waals surface area contributed by atoms with Crippen LogP contribution in [0.1, 0.15) is 13.3 Å². The molecule has 0 radical (unpaired) electrons. The van der Waals surface area contributed by atoms with Crippen LogP contribution in [-0.2, 0) is 14.8 Å². The highest BCUT2D eigenvalue weighted by Crippen LogP contribution is 2.19. The fourth-order valence-corrected chi connectivity index (χ4v) is 4.24. The lowest BCUT2D eigenvalue weighted by Gasteiger charge is -2.31. The van der Waals surface area contributed by atoms with E-state index in [2.05, 4.69) is 10.6 Å². The Morgan fingerprint density at radius 1 is 1.19 bits per heavy atom. The van der Waals surface area contributed by atoms with Crippen molar-refractivity contribution in [1.82, 2.24) is 14.9 Å². The van der Waals surface area contributed by atoms with Gasteiger partial charge in [0.25, 0.3) is 5.91 Å². The van der Waals surface area contributed by atoms with E-state index in [4.69, 9.17) is 4.74 Å². The third kappa shape index (κ3) is 5.91. The highest BCUT2D eigenvalue weighted by molar-refractivity contribution is 7.89. The van der Waals surface area contributed by atoms with Gasteiger partial charge in [-0.25, -0.2) is 13.2 Å².